The highest BCUT2D eigenvalue weighted by Gasteiger charge is 2.40. The minimum absolute atomic E-state index is 0.361. The summed E-state index contributed by atoms with van der Waals surface area (Å²) in [6.07, 6.45) is 2.00. The summed E-state index contributed by atoms with van der Waals surface area (Å²) in [4.78, 5) is 6.24. The van der Waals surface area contributed by atoms with E-state index in [0.717, 1.165) is 5.82 Å². The van der Waals surface area contributed by atoms with Gasteiger partial charge in [-0.25, -0.2) is 9.37 Å². The highest BCUT2D eigenvalue weighted by Crippen LogP contribution is 2.37. The first-order valence-electron chi connectivity index (χ1n) is 6.57. The molecule has 0 bridgehead atoms. The number of hydrogen-bond donors (Lipinski definition) is 0. The van der Waals surface area contributed by atoms with Crippen LogP contribution in [-0.4, -0.2) is 32.8 Å². The minimum Gasteiger partial charge on any atom is -0.292 e. The summed E-state index contributed by atoms with van der Waals surface area (Å²) in [6, 6.07) is 7.08. The first kappa shape index (κ1) is 13.5. The van der Waals surface area contributed by atoms with Crippen molar-refractivity contribution >= 4 is 11.6 Å². The SMILES string of the molecule is Cn1ncnc1CN1CC[C@@](F)(c2cccc(Cl)c2)C1. The molecule has 2 heterocycles. The van der Waals surface area contributed by atoms with Crippen LogP contribution in [0.2, 0.25) is 5.02 Å². The summed E-state index contributed by atoms with van der Waals surface area (Å²) in [5.41, 5.74) is -0.672. The van der Waals surface area contributed by atoms with Crippen LogP contribution >= 0.6 is 11.6 Å². The standard InChI is InChI=1S/C14H16ClFN4/c1-19-13(17-10-18-19)8-20-6-5-14(16,9-20)11-3-2-4-12(15)7-11/h2-4,7,10H,5-6,8-9H2,1H3/t14-/m0/s1. The van der Waals surface area contributed by atoms with Crippen LogP contribution in [-0.2, 0) is 19.3 Å². The Morgan fingerprint density at radius 2 is 2.30 bits per heavy atom. The highest BCUT2D eigenvalue weighted by molar-refractivity contribution is 6.30. The van der Waals surface area contributed by atoms with Gasteiger partial charge in [-0.3, -0.25) is 9.58 Å². The third kappa shape index (κ3) is 2.55. The fourth-order valence-electron chi connectivity index (χ4n) is 2.65. The smallest absolute Gasteiger partial charge is 0.149 e. The molecule has 1 aromatic heterocycles. The van der Waals surface area contributed by atoms with Gasteiger partial charge in [0.2, 0.25) is 0 Å². The van der Waals surface area contributed by atoms with Gasteiger partial charge in [0.15, 0.2) is 0 Å². The van der Waals surface area contributed by atoms with E-state index in [2.05, 4.69) is 15.0 Å². The van der Waals surface area contributed by atoms with Crippen molar-refractivity contribution < 1.29 is 4.39 Å². The second-order valence-corrected chi connectivity index (χ2v) is 5.67. The lowest BCUT2D eigenvalue weighted by Crippen LogP contribution is -2.27. The fourth-order valence-corrected chi connectivity index (χ4v) is 2.84. The Bertz CT molecular complexity index is 615. The first-order valence-corrected chi connectivity index (χ1v) is 6.95. The summed E-state index contributed by atoms with van der Waals surface area (Å²) >= 11 is 5.96. The van der Waals surface area contributed by atoms with Crippen molar-refractivity contribution in [3.05, 3.63) is 47.0 Å². The molecule has 0 N–H and O–H groups in total. The molecule has 4 nitrogen and oxygen atoms in total. The van der Waals surface area contributed by atoms with Crippen molar-refractivity contribution in [2.45, 2.75) is 18.6 Å². The summed E-state index contributed by atoms with van der Waals surface area (Å²) < 4.78 is 16.8. The van der Waals surface area contributed by atoms with Gasteiger partial charge in [-0.15, -0.1) is 0 Å². The zero-order valence-electron chi connectivity index (χ0n) is 11.3. The summed E-state index contributed by atoms with van der Waals surface area (Å²) in [7, 11) is 1.85. The molecule has 0 unspecified atom stereocenters. The summed E-state index contributed by atoms with van der Waals surface area (Å²) in [6.45, 7) is 1.68. The molecule has 1 aliphatic heterocycles. The lowest BCUT2D eigenvalue weighted by molar-refractivity contribution is 0.163. The molecule has 1 aliphatic rings. The van der Waals surface area contributed by atoms with Gasteiger partial charge in [0.1, 0.15) is 17.8 Å². The van der Waals surface area contributed by atoms with Crippen molar-refractivity contribution in [3.63, 3.8) is 0 Å². The summed E-state index contributed by atoms with van der Waals surface area (Å²) in [5, 5.41) is 4.61. The maximum Gasteiger partial charge on any atom is 0.149 e. The van der Waals surface area contributed by atoms with E-state index < -0.39 is 5.67 Å². The maximum absolute atomic E-state index is 15.1. The Hall–Kier alpha value is -1.46. The van der Waals surface area contributed by atoms with Crippen molar-refractivity contribution in [1.29, 1.82) is 0 Å². The highest BCUT2D eigenvalue weighted by atomic mass is 35.5. The molecule has 1 atom stereocenters. The van der Waals surface area contributed by atoms with Crippen molar-refractivity contribution in [2.75, 3.05) is 13.1 Å². The number of benzene rings is 1. The maximum atomic E-state index is 15.1. The predicted molar refractivity (Wildman–Crippen MR) is 75.1 cm³/mol. The fraction of sp³-hybridized carbons (Fsp3) is 0.429. The lowest BCUT2D eigenvalue weighted by Gasteiger charge is -2.21. The van der Waals surface area contributed by atoms with Gasteiger partial charge in [0.05, 0.1) is 6.54 Å². The predicted octanol–water partition coefficient (Wildman–Crippen LogP) is 2.54. The van der Waals surface area contributed by atoms with Crippen molar-refractivity contribution in [2.24, 2.45) is 7.05 Å². The van der Waals surface area contributed by atoms with Gasteiger partial charge in [0, 0.05) is 25.2 Å². The lowest BCUT2D eigenvalue weighted by atomic mass is 9.95. The van der Waals surface area contributed by atoms with E-state index in [1.807, 2.05) is 7.05 Å². The Kier molecular flexibility index (Phi) is 3.48. The van der Waals surface area contributed by atoms with Crippen LogP contribution in [0.15, 0.2) is 30.6 Å². The second-order valence-electron chi connectivity index (χ2n) is 5.24. The molecular weight excluding hydrogens is 279 g/mol. The number of rotatable bonds is 3. The van der Waals surface area contributed by atoms with E-state index in [-0.39, 0.29) is 0 Å². The van der Waals surface area contributed by atoms with Crippen molar-refractivity contribution in [3.8, 4) is 0 Å². The number of aryl methyl sites for hydroxylation is 1. The minimum atomic E-state index is -1.33. The third-order valence-corrected chi connectivity index (χ3v) is 4.05. The molecule has 1 aromatic carbocycles. The molecule has 1 fully saturated rings. The van der Waals surface area contributed by atoms with Gasteiger partial charge >= 0.3 is 0 Å². The quantitative estimate of drug-likeness (QED) is 0.872. The molecule has 0 aliphatic carbocycles. The first-order chi connectivity index (χ1) is 9.57. The van der Waals surface area contributed by atoms with Crippen LogP contribution in [0.25, 0.3) is 0 Å². The van der Waals surface area contributed by atoms with Crippen molar-refractivity contribution in [1.82, 2.24) is 19.7 Å². The molecule has 0 spiro atoms. The van der Waals surface area contributed by atoms with Gasteiger partial charge < -0.3 is 0 Å². The van der Waals surface area contributed by atoms with Gasteiger partial charge in [-0.1, -0.05) is 23.7 Å². The Labute approximate surface area is 122 Å². The number of nitrogens with zero attached hydrogens (tertiary/aromatic N) is 4. The average molecular weight is 295 g/mol. The van der Waals surface area contributed by atoms with Crippen LogP contribution in [0.1, 0.15) is 17.8 Å². The molecule has 20 heavy (non-hydrogen) atoms. The Morgan fingerprint density at radius 3 is 3.00 bits per heavy atom. The van der Waals surface area contributed by atoms with Gasteiger partial charge in [-0.05, 0) is 24.1 Å². The molecule has 0 radical (unpaired) electrons. The van der Waals surface area contributed by atoms with Crippen LogP contribution in [0.3, 0.4) is 0 Å². The van der Waals surface area contributed by atoms with Gasteiger partial charge in [-0.2, -0.15) is 5.10 Å². The molecule has 0 saturated carbocycles. The second kappa shape index (κ2) is 5.14. The Balaban J connectivity index is 1.74. The van der Waals surface area contributed by atoms with E-state index in [0.29, 0.717) is 36.6 Å². The van der Waals surface area contributed by atoms with Gasteiger partial charge in [0.25, 0.3) is 0 Å². The Morgan fingerprint density at radius 1 is 1.45 bits per heavy atom. The van der Waals surface area contributed by atoms with Crippen LogP contribution in [0, 0.1) is 0 Å². The summed E-state index contributed by atoms with van der Waals surface area (Å²) in [5.74, 6) is 0.848. The third-order valence-electron chi connectivity index (χ3n) is 3.81. The number of hydrogen-bond acceptors (Lipinski definition) is 3. The van der Waals surface area contributed by atoms with Crippen LogP contribution < -0.4 is 0 Å². The molecular formula is C14H16ClFN4. The molecule has 0 amide bonds. The van der Waals surface area contributed by atoms with E-state index in [9.17, 15) is 0 Å². The normalized spacial score (nSPS) is 23.4. The molecule has 3 rings (SSSR count). The number of aromatic nitrogens is 3. The molecule has 106 valence electrons. The zero-order valence-corrected chi connectivity index (χ0v) is 12.0. The average Bonchev–Trinajstić information content (AvgIpc) is 2.99. The molecule has 1 saturated heterocycles. The van der Waals surface area contributed by atoms with Crippen LogP contribution in [0.5, 0.6) is 0 Å². The molecule has 6 heteroatoms. The topological polar surface area (TPSA) is 34.0 Å². The van der Waals surface area contributed by atoms with E-state index in [1.54, 1.807) is 28.9 Å². The van der Waals surface area contributed by atoms with E-state index >= 15 is 4.39 Å². The largest absolute Gasteiger partial charge is 0.292 e. The monoisotopic (exact) mass is 294 g/mol. The van der Waals surface area contributed by atoms with E-state index in [4.69, 9.17) is 11.6 Å². The molecule has 2 aromatic rings. The van der Waals surface area contributed by atoms with Crippen LogP contribution in [0.4, 0.5) is 4.39 Å². The zero-order chi connectivity index (χ0) is 14.2. The number of halogens is 2. The van der Waals surface area contributed by atoms with E-state index in [1.165, 1.54) is 6.33 Å². The number of alkyl halides is 1. The number of likely N-dealkylation sites (tertiary alicyclic amines) is 1.